The molecule has 1 aliphatic carbocycles. The lowest BCUT2D eigenvalue weighted by molar-refractivity contribution is 0.628. The third kappa shape index (κ3) is 3.61. The number of anilines is 1. The Morgan fingerprint density at radius 3 is 2.33 bits per heavy atom. The van der Waals surface area contributed by atoms with Crippen molar-refractivity contribution in [2.24, 2.45) is 0 Å². The van der Waals surface area contributed by atoms with Crippen molar-refractivity contribution in [3.8, 4) is 11.1 Å². The lowest BCUT2D eigenvalue weighted by atomic mass is 10.00. The van der Waals surface area contributed by atoms with E-state index < -0.39 is 0 Å². The summed E-state index contributed by atoms with van der Waals surface area (Å²) in [5.41, 5.74) is 4.77. The molecule has 0 aliphatic heterocycles. The van der Waals surface area contributed by atoms with Crippen LogP contribution in [0.15, 0.2) is 54.6 Å². The van der Waals surface area contributed by atoms with Crippen molar-refractivity contribution in [1.29, 1.82) is 0 Å². The van der Waals surface area contributed by atoms with Gasteiger partial charge >= 0.3 is 0 Å². The molecule has 1 atom stereocenters. The van der Waals surface area contributed by atoms with Crippen LogP contribution in [-0.2, 0) is 0 Å². The SMILES string of the molecule is Cc1ccc([C@@H](C)Nc2nnc(C3CC3)c3ccc(-c4ccc(F)cc4)cc23)nn1. The first-order valence-corrected chi connectivity index (χ1v) is 10.2. The summed E-state index contributed by atoms with van der Waals surface area (Å²) in [4.78, 5) is 0. The van der Waals surface area contributed by atoms with Gasteiger partial charge in [0.25, 0.3) is 0 Å². The highest BCUT2D eigenvalue weighted by Crippen LogP contribution is 2.43. The van der Waals surface area contributed by atoms with Crippen LogP contribution in [0.4, 0.5) is 10.2 Å². The van der Waals surface area contributed by atoms with E-state index in [1.54, 1.807) is 12.1 Å². The molecule has 0 radical (unpaired) electrons. The fraction of sp³-hybridized carbons (Fsp3) is 0.250. The second-order valence-electron chi connectivity index (χ2n) is 7.94. The molecule has 2 aromatic heterocycles. The van der Waals surface area contributed by atoms with Crippen LogP contribution < -0.4 is 5.32 Å². The third-order valence-corrected chi connectivity index (χ3v) is 5.57. The molecule has 0 saturated heterocycles. The van der Waals surface area contributed by atoms with Gasteiger partial charge in [0.2, 0.25) is 0 Å². The summed E-state index contributed by atoms with van der Waals surface area (Å²) in [7, 11) is 0. The van der Waals surface area contributed by atoms with E-state index in [1.807, 2.05) is 26.0 Å². The van der Waals surface area contributed by atoms with Crippen LogP contribution in [0.1, 0.15) is 48.8 Å². The van der Waals surface area contributed by atoms with Crippen molar-refractivity contribution in [3.05, 3.63) is 77.5 Å². The molecule has 5 nitrogen and oxygen atoms in total. The van der Waals surface area contributed by atoms with Gasteiger partial charge in [-0.3, -0.25) is 0 Å². The van der Waals surface area contributed by atoms with Gasteiger partial charge in [-0.25, -0.2) is 4.39 Å². The number of aryl methyl sites for hydroxylation is 1. The minimum atomic E-state index is -0.239. The molecule has 1 saturated carbocycles. The zero-order chi connectivity index (χ0) is 20.7. The van der Waals surface area contributed by atoms with Gasteiger partial charge in [0.15, 0.2) is 5.82 Å². The van der Waals surface area contributed by atoms with Crippen molar-refractivity contribution in [3.63, 3.8) is 0 Å². The van der Waals surface area contributed by atoms with Crippen LogP contribution in [0.5, 0.6) is 0 Å². The normalized spacial score (nSPS) is 14.6. The highest BCUT2D eigenvalue weighted by Gasteiger charge is 2.28. The molecular weight excluding hydrogens is 377 g/mol. The maximum absolute atomic E-state index is 13.4. The Bertz CT molecular complexity index is 1200. The number of nitrogens with one attached hydrogen (secondary N) is 1. The number of benzene rings is 2. The maximum atomic E-state index is 13.4. The van der Waals surface area contributed by atoms with Crippen LogP contribution >= 0.6 is 0 Å². The fourth-order valence-corrected chi connectivity index (χ4v) is 3.68. The largest absolute Gasteiger partial charge is 0.360 e. The predicted octanol–water partition coefficient (Wildman–Crippen LogP) is 5.58. The number of rotatable bonds is 5. The number of halogens is 1. The molecule has 2 aromatic carbocycles. The van der Waals surface area contributed by atoms with Crippen LogP contribution in [0.25, 0.3) is 21.9 Å². The molecule has 1 aliphatic rings. The van der Waals surface area contributed by atoms with Gasteiger partial charge < -0.3 is 5.32 Å². The van der Waals surface area contributed by atoms with Gasteiger partial charge in [0.05, 0.1) is 23.1 Å². The van der Waals surface area contributed by atoms with E-state index in [2.05, 4.69) is 43.9 Å². The Morgan fingerprint density at radius 2 is 1.63 bits per heavy atom. The molecule has 5 rings (SSSR count). The Labute approximate surface area is 174 Å². The lowest BCUT2D eigenvalue weighted by Crippen LogP contribution is -2.12. The van der Waals surface area contributed by atoms with Crippen molar-refractivity contribution in [1.82, 2.24) is 20.4 Å². The minimum Gasteiger partial charge on any atom is -0.360 e. The highest BCUT2D eigenvalue weighted by atomic mass is 19.1. The standard InChI is InChI=1S/C24H22FN5/c1-14-3-12-22(28-27-14)15(2)26-24-21-13-18(16-6-9-19(25)10-7-16)8-11-20(21)23(29-30-24)17-4-5-17/h3,6-13,15,17H,4-5H2,1-2H3,(H,26,30)/t15-/m1/s1. The lowest BCUT2D eigenvalue weighted by Gasteiger charge is -2.16. The van der Waals surface area contributed by atoms with Crippen LogP contribution in [0.2, 0.25) is 0 Å². The second kappa shape index (κ2) is 7.44. The Kier molecular flexibility index (Phi) is 4.62. The second-order valence-corrected chi connectivity index (χ2v) is 7.94. The Balaban J connectivity index is 1.57. The van der Waals surface area contributed by atoms with E-state index in [9.17, 15) is 4.39 Å². The van der Waals surface area contributed by atoms with E-state index >= 15 is 0 Å². The van der Waals surface area contributed by atoms with E-state index in [0.717, 1.165) is 51.8 Å². The zero-order valence-corrected chi connectivity index (χ0v) is 16.9. The first-order valence-electron chi connectivity index (χ1n) is 10.2. The molecule has 2 heterocycles. The quantitative estimate of drug-likeness (QED) is 0.474. The monoisotopic (exact) mass is 399 g/mol. The molecule has 0 unspecified atom stereocenters. The Hall–Kier alpha value is -3.41. The molecule has 4 aromatic rings. The Morgan fingerprint density at radius 1 is 0.867 bits per heavy atom. The molecule has 0 spiro atoms. The molecule has 0 bridgehead atoms. The number of hydrogen-bond donors (Lipinski definition) is 1. The molecule has 0 amide bonds. The predicted molar refractivity (Wildman–Crippen MR) is 116 cm³/mol. The van der Waals surface area contributed by atoms with Crippen LogP contribution in [0, 0.1) is 12.7 Å². The van der Waals surface area contributed by atoms with E-state index in [1.165, 1.54) is 12.1 Å². The van der Waals surface area contributed by atoms with Gasteiger partial charge in [-0.05, 0) is 68.1 Å². The first-order chi connectivity index (χ1) is 14.6. The van der Waals surface area contributed by atoms with Crippen molar-refractivity contribution in [2.75, 3.05) is 5.32 Å². The van der Waals surface area contributed by atoms with E-state index in [-0.39, 0.29) is 11.9 Å². The fourth-order valence-electron chi connectivity index (χ4n) is 3.68. The minimum absolute atomic E-state index is 0.0724. The summed E-state index contributed by atoms with van der Waals surface area (Å²) < 4.78 is 13.4. The summed E-state index contributed by atoms with van der Waals surface area (Å²) in [5.74, 6) is 0.969. The van der Waals surface area contributed by atoms with Gasteiger partial charge in [-0.1, -0.05) is 24.3 Å². The van der Waals surface area contributed by atoms with Crippen molar-refractivity contribution >= 4 is 16.6 Å². The van der Waals surface area contributed by atoms with Gasteiger partial charge in [0.1, 0.15) is 5.82 Å². The van der Waals surface area contributed by atoms with Gasteiger partial charge in [-0.15, -0.1) is 5.10 Å². The summed E-state index contributed by atoms with van der Waals surface area (Å²) in [6.45, 7) is 3.95. The number of hydrogen-bond acceptors (Lipinski definition) is 5. The molecule has 6 heteroatoms. The smallest absolute Gasteiger partial charge is 0.157 e. The van der Waals surface area contributed by atoms with Gasteiger partial charge in [0, 0.05) is 16.7 Å². The zero-order valence-electron chi connectivity index (χ0n) is 16.9. The molecule has 1 N–H and O–H groups in total. The van der Waals surface area contributed by atoms with Crippen molar-refractivity contribution in [2.45, 2.75) is 38.6 Å². The van der Waals surface area contributed by atoms with Crippen LogP contribution in [0.3, 0.4) is 0 Å². The van der Waals surface area contributed by atoms with E-state index in [0.29, 0.717) is 11.7 Å². The summed E-state index contributed by atoms with van der Waals surface area (Å²) >= 11 is 0. The third-order valence-electron chi connectivity index (χ3n) is 5.57. The van der Waals surface area contributed by atoms with Crippen molar-refractivity contribution < 1.29 is 4.39 Å². The average Bonchev–Trinajstić information content (AvgIpc) is 3.60. The summed E-state index contributed by atoms with van der Waals surface area (Å²) in [6, 6.07) is 16.7. The number of nitrogens with zero attached hydrogens (tertiary/aromatic N) is 4. The van der Waals surface area contributed by atoms with Crippen LogP contribution in [-0.4, -0.2) is 20.4 Å². The van der Waals surface area contributed by atoms with E-state index in [4.69, 9.17) is 0 Å². The molecular formula is C24H22FN5. The first kappa shape index (κ1) is 18.6. The number of aromatic nitrogens is 4. The van der Waals surface area contributed by atoms with Gasteiger partial charge in [-0.2, -0.15) is 15.3 Å². The average molecular weight is 399 g/mol. The number of fused-ring (bicyclic) bond motifs is 1. The highest BCUT2D eigenvalue weighted by molar-refractivity contribution is 5.96. The molecule has 30 heavy (non-hydrogen) atoms. The summed E-state index contributed by atoms with van der Waals surface area (Å²) in [5, 5.41) is 23.1. The topological polar surface area (TPSA) is 63.6 Å². The molecule has 1 fully saturated rings. The maximum Gasteiger partial charge on any atom is 0.157 e. The molecule has 150 valence electrons. The summed E-state index contributed by atoms with van der Waals surface area (Å²) in [6.07, 6.45) is 2.32.